The molecular formula is C13H23N5O2. The molecule has 0 saturated carbocycles. The lowest BCUT2D eigenvalue weighted by Crippen LogP contribution is -2.35. The van der Waals surface area contributed by atoms with Crippen LogP contribution in [0.4, 0.5) is 5.69 Å². The molecule has 1 amide bonds. The highest BCUT2D eigenvalue weighted by Gasteiger charge is 2.17. The van der Waals surface area contributed by atoms with Crippen molar-refractivity contribution in [1.82, 2.24) is 15.3 Å². The number of nitrogens with zero attached hydrogens (tertiary/aromatic N) is 2. The molecule has 0 saturated heterocycles. The molecule has 7 nitrogen and oxygen atoms in total. The largest absolute Gasteiger partial charge is 0.385 e. The number of hydrogen-bond donors (Lipinski definition) is 3. The average molecular weight is 281 g/mol. The molecule has 4 N–H and O–H groups in total. The molecule has 1 unspecified atom stereocenters. The number of methoxy groups -OCH3 is 1. The summed E-state index contributed by atoms with van der Waals surface area (Å²) in [6.07, 6.45) is 2.26. The molecule has 0 radical (unpaired) electrons. The Kier molecular flexibility index (Phi) is 6.33. The Labute approximate surface area is 119 Å². The van der Waals surface area contributed by atoms with Gasteiger partial charge in [0, 0.05) is 25.7 Å². The van der Waals surface area contributed by atoms with Crippen LogP contribution >= 0.6 is 0 Å². The number of aromatic nitrogens is 2. The average Bonchev–Trinajstić information content (AvgIpc) is 2.44. The summed E-state index contributed by atoms with van der Waals surface area (Å²) in [7, 11) is 1.63. The van der Waals surface area contributed by atoms with E-state index in [9.17, 15) is 4.79 Å². The van der Waals surface area contributed by atoms with E-state index in [0.717, 1.165) is 6.42 Å². The lowest BCUT2D eigenvalue weighted by atomic mass is 10.2. The van der Waals surface area contributed by atoms with Crippen molar-refractivity contribution in [2.24, 2.45) is 5.84 Å². The first-order valence-corrected chi connectivity index (χ1v) is 6.63. The van der Waals surface area contributed by atoms with Crippen molar-refractivity contribution in [3.8, 4) is 0 Å². The van der Waals surface area contributed by atoms with E-state index in [1.165, 1.54) is 6.20 Å². The quantitative estimate of drug-likeness (QED) is 0.510. The topological polar surface area (TPSA) is 102 Å². The highest BCUT2D eigenvalue weighted by atomic mass is 16.5. The van der Waals surface area contributed by atoms with Crippen molar-refractivity contribution in [3.63, 3.8) is 0 Å². The number of carbonyl (C=O) groups is 1. The molecule has 0 aromatic carbocycles. The summed E-state index contributed by atoms with van der Waals surface area (Å²) < 4.78 is 4.99. The summed E-state index contributed by atoms with van der Waals surface area (Å²) in [6, 6.07) is -0.00876. The maximum absolute atomic E-state index is 12.2. The third-order valence-corrected chi connectivity index (χ3v) is 2.83. The summed E-state index contributed by atoms with van der Waals surface area (Å²) >= 11 is 0. The Balaban J connectivity index is 2.87. The molecule has 1 heterocycles. The number of hydrazine groups is 1. The Morgan fingerprint density at radius 1 is 1.45 bits per heavy atom. The number of nitrogens with one attached hydrogen (secondary N) is 2. The van der Waals surface area contributed by atoms with Crippen LogP contribution in [0.15, 0.2) is 6.20 Å². The van der Waals surface area contributed by atoms with Gasteiger partial charge >= 0.3 is 0 Å². The molecule has 1 aromatic heterocycles. The fraction of sp³-hybridized carbons (Fsp3) is 0.615. The third-order valence-electron chi connectivity index (χ3n) is 2.83. The van der Waals surface area contributed by atoms with Gasteiger partial charge in [0.15, 0.2) is 5.69 Å². The van der Waals surface area contributed by atoms with Crippen LogP contribution in [0.5, 0.6) is 0 Å². The summed E-state index contributed by atoms with van der Waals surface area (Å²) in [6.45, 7) is 6.43. The second-order valence-electron chi connectivity index (χ2n) is 4.95. The number of nitrogen functional groups attached to an aromatic ring is 1. The summed E-state index contributed by atoms with van der Waals surface area (Å²) in [5.41, 5.74) is 3.12. The van der Waals surface area contributed by atoms with Crippen molar-refractivity contribution in [3.05, 3.63) is 17.7 Å². The zero-order valence-corrected chi connectivity index (χ0v) is 12.4. The number of carbonyl (C=O) groups excluding carboxylic acids is 1. The monoisotopic (exact) mass is 281 g/mol. The Bertz CT molecular complexity index is 450. The van der Waals surface area contributed by atoms with Gasteiger partial charge in [0.1, 0.15) is 5.82 Å². The second-order valence-corrected chi connectivity index (χ2v) is 4.95. The van der Waals surface area contributed by atoms with Crippen LogP contribution in [-0.4, -0.2) is 35.6 Å². The lowest BCUT2D eigenvalue weighted by molar-refractivity contribution is 0.0925. The normalized spacial score (nSPS) is 12.3. The first-order chi connectivity index (χ1) is 9.49. The third kappa shape index (κ3) is 4.43. The first kappa shape index (κ1) is 16.3. The van der Waals surface area contributed by atoms with Gasteiger partial charge in [-0.15, -0.1) is 0 Å². The number of rotatable bonds is 7. The van der Waals surface area contributed by atoms with Gasteiger partial charge in [-0.1, -0.05) is 13.8 Å². The van der Waals surface area contributed by atoms with Crippen LogP contribution < -0.4 is 16.6 Å². The number of anilines is 1. The molecule has 0 aliphatic rings. The van der Waals surface area contributed by atoms with E-state index >= 15 is 0 Å². The predicted molar refractivity (Wildman–Crippen MR) is 77.4 cm³/mol. The molecule has 7 heteroatoms. The zero-order valence-electron chi connectivity index (χ0n) is 12.4. The number of hydrogen-bond acceptors (Lipinski definition) is 6. The van der Waals surface area contributed by atoms with Crippen LogP contribution in [0, 0.1) is 0 Å². The predicted octanol–water partition coefficient (Wildman–Crippen LogP) is 1.04. The van der Waals surface area contributed by atoms with Crippen molar-refractivity contribution < 1.29 is 9.53 Å². The van der Waals surface area contributed by atoms with E-state index in [1.54, 1.807) is 7.11 Å². The zero-order chi connectivity index (χ0) is 15.1. The van der Waals surface area contributed by atoms with E-state index < -0.39 is 0 Å². The van der Waals surface area contributed by atoms with Gasteiger partial charge in [0.25, 0.3) is 5.91 Å². The summed E-state index contributed by atoms with van der Waals surface area (Å²) in [4.78, 5) is 20.7. The minimum atomic E-state index is -0.272. The molecule has 0 fully saturated rings. The van der Waals surface area contributed by atoms with Crippen molar-refractivity contribution >= 4 is 11.6 Å². The Morgan fingerprint density at radius 3 is 2.70 bits per heavy atom. The lowest BCUT2D eigenvalue weighted by Gasteiger charge is -2.15. The molecular weight excluding hydrogens is 258 g/mol. The van der Waals surface area contributed by atoms with Gasteiger partial charge in [-0.25, -0.2) is 9.97 Å². The fourth-order valence-corrected chi connectivity index (χ4v) is 1.61. The molecule has 112 valence electrons. The van der Waals surface area contributed by atoms with Gasteiger partial charge in [-0.05, 0) is 13.3 Å². The molecule has 0 aliphatic heterocycles. The van der Waals surface area contributed by atoms with Crippen LogP contribution in [0.2, 0.25) is 0 Å². The first-order valence-electron chi connectivity index (χ1n) is 6.63. The van der Waals surface area contributed by atoms with Gasteiger partial charge < -0.3 is 15.5 Å². The highest BCUT2D eigenvalue weighted by molar-refractivity contribution is 5.97. The summed E-state index contributed by atoms with van der Waals surface area (Å²) in [5.74, 6) is 5.87. The molecule has 1 aromatic rings. The minimum absolute atomic E-state index is 0.00876. The van der Waals surface area contributed by atoms with Gasteiger partial charge in [0.05, 0.1) is 11.9 Å². The minimum Gasteiger partial charge on any atom is -0.385 e. The van der Waals surface area contributed by atoms with Crippen LogP contribution in [0.1, 0.15) is 49.4 Å². The van der Waals surface area contributed by atoms with E-state index in [0.29, 0.717) is 18.1 Å². The molecule has 20 heavy (non-hydrogen) atoms. The van der Waals surface area contributed by atoms with E-state index in [2.05, 4.69) is 20.7 Å². The highest BCUT2D eigenvalue weighted by Crippen LogP contribution is 2.15. The summed E-state index contributed by atoms with van der Waals surface area (Å²) in [5, 5.41) is 2.87. The van der Waals surface area contributed by atoms with Crippen molar-refractivity contribution in [2.75, 3.05) is 19.1 Å². The van der Waals surface area contributed by atoms with Gasteiger partial charge in [-0.3, -0.25) is 10.6 Å². The Hall–Kier alpha value is -1.73. The van der Waals surface area contributed by atoms with E-state index in [1.807, 2.05) is 20.8 Å². The number of amides is 1. The van der Waals surface area contributed by atoms with Gasteiger partial charge in [0.2, 0.25) is 0 Å². The van der Waals surface area contributed by atoms with E-state index in [4.69, 9.17) is 10.6 Å². The molecule has 1 atom stereocenters. The van der Waals surface area contributed by atoms with Crippen LogP contribution in [0.3, 0.4) is 0 Å². The van der Waals surface area contributed by atoms with Crippen molar-refractivity contribution in [2.45, 2.75) is 39.2 Å². The molecule has 0 aliphatic carbocycles. The van der Waals surface area contributed by atoms with Crippen LogP contribution in [0.25, 0.3) is 0 Å². The number of ether oxygens (including phenoxy) is 1. The second kappa shape index (κ2) is 7.76. The maximum atomic E-state index is 12.2. The Morgan fingerprint density at radius 2 is 2.15 bits per heavy atom. The molecule has 1 rings (SSSR count). The SMILES string of the molecule is COCCC(C)NC(=O)c1nc(C(C)C)ncc1NN. The maximum Gasteiger partial charge on any atom is 0.272 e. The van der Waals surface area contributed by atoms with E-state index in [-0.39, 0.29) is 23.6 Å². The van der Waals surface area contributed by atoms with Crippen molar-refractivity contribution in [1.29, 1.82) is 0 Å². The fourth-order valence-electron chi connectivity index (χ4n) is 1.61. The standard InChI is InChI=1S/C13H23N5O2/c1-8(2)12-15-7-10(18-14)11(17-12)13(19)16-9(3)5-6-20-4/h7-9,18H,5-6,14H2,1-4H3,(H,16,19). The molecule has 0 bridgehead atoms. The van der Waals surface area contributed by atoms with Gasteiger partial charge in [-0.2, -0.15) is 0 Å². The number of nitrogens with two attached hydrogens (primary N) is 1. The van der Waals surface area contributed by atoms with Crippen LogP contribution in [-0.2, 0) is 4.74 Å². The molecule has 0 spiro atoms. The smallest absolute Gasteiger partial charge is 0.272 e.